The van der Waals surface area contributed by atoms with Gasteiger partial charge in [-0.25, -0.2) is 0 Å². The van der Waals surface area contributed by atoms with E-state index in [1.165, 1.54) is 5.56 Å². The second-order valence-electron chi connectivity index (χ2n) is 4.76. The predicted molar refractivity (Wildman–Crippen MR) is 75.7 cm³/mol. The second kappa shape index (κ2) is 5.58. The fraction of sp³-hybridized carbons (Fsp3) is 0.250. The van der Waals surface area contributed by atoms with E-state index in [4.69, 9.17) is 10.5 Å². The van der Waals surface area contributed by atoms with Crippen LogP contribution in [-0.2, 0) is 6.61 Å². The van der Waals surface area contributed by atoms with Gasteiger partial charge >= 0.3 is 0 Å². The van der Waals surface area contributed by atoms with Crippen molar-refractivity contribution in [1.82, 2.24) is 0 Å². The summed E-state index contributed by atoms with van der Waals surface area (Å²) in [6, 6.07) is 16.0. The molecule has 2 N–H and O–H groups in total. The highest BCUT2D eigenvalue weighted by molar-refractivity contribution is 5.40. The van der Waals surface area contributed by atoms with Crippen LogP contribution in [-0.4, -0.2) is 0 Å². The molecule has 0 saturated carbocycles. The lowest BCUT2D eigenvalue weighted by Crippen LogP contribution is -1.97. The number of rotatable bonds is 4. The van der Waals surface area contributed by atoms with Gasteiger partial charge in [0.05, 0.1) is 0 Å². The van der Waals surface area contributed by atoms with E-state index in [9.17, 15) is 0 Å². The molecule has 0 bridgehead atoms. The molecule has 94 valence electrons. The summed E-state index contributed by atoms with van der Waals surface area (Å²) < 4.78 is 5.73. The minimum Gasteiger partial charge on any atom is -0.489 e. The first-order valence-corrected chi connectivity index (χ1v) is 6.22. The van der Waals surface area contributed by atoms with Gasteiger partial charge in [-0.2, -0.15) is 0 Å². The number of nitrogens with two attached hydrogens (primary N) is 1. The van der Waals surface area contributed by atoms with Crippen molar-refractivity contribution in [2.45, 2.75) is 26.4 Å². The van der Waals surface area contributed by atoms with E-state index in [1.54, 1.807) is 0 Å². The van der Waals surface area contributed by atoms with Gasteiger partial charge < -0.3 is 10.5 Å². The Balaban J connectivity index is 1.98. The van der Waals surface area contributed by atoms with Gasteiger partial charge in [0.15, 0.2) is 0 Å². The maximum atomic E-state index is 5.73. The van der Waals surface area contributed by atoms with Gasteiger partial charge in [0.25, 0.3) is 0 Å². The summed E-state index contributed by atoms with van der Waals surface area (Å²) in [6.07, 6.45) is 0. The van der Waals surface area contributed by atoms with Crippen molar-refractivity contribution in [3.8, 4) is 5.75 Å². The van der Waals surface area contributed by atoms with Gasteiger partial charge in [0.1, 0.15) is 12.4 Å². The van der Waals surface area contributed by atoms with E-state index in [1.807, 2.05) is 36.4 Å². The van der Waals surface area contributed by atoms with Crippen molar-refractivity contribution in [3.63, 3.8) is 0 Å². The van der Waals surface area contributed by atoms with Crippen molar-refractivity contribution in [2.75, 3.05) is 5.73 Å². The summed E-state index contributed by atoms with van der Waals surface area (Å²) in [4.78, 5) is 0. The Hall–Kier alpha value is -1.96. The van der Waals surface area contributed by atoms with Crippen LogP contribution in [0.4, 0.5) is 5.69 Å². The molecule has 0 unspecified atom stereocenters. The van der Waals surface area contributed by atoms with E-state index >= 15 is 0 Å². The summed E-state index contributed by atoms with van der Waals surface area (Å²) in [5, 5.41) is 0. The molecule has 0 amide bonds. The Morgan fingerprint density at radius 1 is 1.06 bits per heavy atom. The van der Waals surface area contributed by atoms with Crippen LogP contribution >= 0.6 is 0 Å². The maximum Gasteiger partial charge on any atom is 0.119 e. The lowest BCUT2D eigenvalue weighted by Gasteiger charge is -2.09. The normalized spacial score (nSPS) is 10.6. The molecule has 2 nitrogen and oxygen atoms in total. The van der Waals surface area contributed by atoms with E-state index in [2.05, 4.69) is 26.0 Å². The van der Waals surface area contributed by atoms with Crippen LogP contribution in [0.5, 0.6) is 5.75 Å². The molecule has 18 heavy (non-hydrogen) atoms. The van der Waals surface area contributed by atoms with Gasteiger partial charge in [0, 0.05) is 5.69 Å². The summed E-state index contributed by atoms with van der Waals surface area (Å²) in [6.45, 7) is 4.91. The smallest absolute Gasteiger partial charge is 0.119 e. The van der Waals surface area contributed by atoms with Crippen LogP contribution in [0.1, 0.15) is 30.9 Å². The fourth-order valence-corrected chi connectivity index (χ4v) is 1.80. The van der Waals surface area contributed by atoms with Crippen LogP contribution < -0.4 is 10.5 Å². The Kier molecular flexibility index (Phi) is 3.88. The Labute approximate surface area is 108 Å². The Morgan fingerprint density at radius 3 is 2.39 bits per heavy atom. The zero-order valence-corrected chi connectivity index (χ0v) is 10.9. The molecule has 2 heteroatoms. The fourth-order valence-electron chi connectivity index (χ4n) is 1.80. The molecule has 0 spiro atoms. The average Bonchev–Trinajstić information content (AvgIpc) is 2.37. The lowest BCUT2D eigenvalue weighted by molar-refractivity contribution is 0.306. The first-order chi connectivity index (χ1) is 8.65. The first kappa shape index (κ1) is 12.5. The maximum absolute atomic E-state index is 5.73. The van der Waals surface area contributed by atoms with Crippen molar-refractivity contribution in [2.24, 2.45) is 0 Å². The molecule has 0 aliphatic carbocycles. The van der Waals surface area contributed by atoms with E-state index in [0.29, 0.717) is 12.5 Å². The van der Waals surface area contributed by atoms with Gasteiger partial charge in [0.2, 0.25) is 0 Å². The minimum absolute atomic E-state index is 0.548. The lowest BCUT2D eigenvalue weighted by atomic mass is 10.0. The molecule has 0 aliphatic rings. The molecule has 0 aromatic heterocycles. The number of ether oxygens (including phenoxy) is 1. The first-order valence-electron chi connectivity index (χ1n) is 6.22. The summed E-state index contributed by atoms with van der Waals surface area (Å²) >= 11 is 0. The average molecular weight is 241 g/mol. The number of anilines is 1. The zero-order valence-electron chi connectivity index (χ0n) is 10.9. The van der Waals surface area contributed by atoms with Crippen LogP contribution in [0, 0.1) is 0 Å². The second-order valence-corrected chi connectivity index (χ2v) is 4.76. The largest absolute Gasteiger partial charge is 0.489 e. The molecule has 2 aromatic carbocycles. The molecule has 0 saturated heterocycles. The van der Waals surface area contributed by atoms with E-state index in [-0.39, 0.29) is 0 Å². The van der Waals surface area contributed by atoms with Crippen LogP contribution in [0.2, 0.25) is 0 Å². The number of hydrogen-bond donors (Lipinski definition) is 1. The van der Waals surface area contributed by atoms with Crippen molar-refractivity contribution in [3.05, 3.63) is 59.7 Å². The third-order valence-corrected chi connectivity index (χ3v) is 2.90. The van der Waals surface area contributed by atoms with Crippen molar-refractivity contribution >= 4 is 5.69 Å². The summed E-state index contributed by atoms with van der Waals surface area (Å²) in [5.74, 6) is 1.44. The number of benzene rings is 2. The molecule has 2 rings (SSSR count). The number of nitrogen functional groups attached to an aromatic ring is 1. The van der Waals surface area contributed by atoms with Crippen LogP contribution in [0.15, 0.2) is 48.5 Å². The SMILES string of the molecule is CC(C)c1ccc(OCc2cccc(N)c2)cc1. The number of hydrogen-bond acceptors (Lipinski definition) is 2. The van der Waals surface area contributed by atoms with Crippen LogP contribution in [0.3, 0.4) is 0 Å². The van der Waals surface area contributed by atoms with E-state index in [0.717, 1.165) is 17.0 Å². The quantitative estimate of drug-likeness (QED) is 0.822. The molecule has 0 radical (unpaired) electrons. The molecule has 0 heterocycles. The molecular weight excluding hydrogens is 222 g/mol. The third kappa shape index (κ3) is 3.27. The van der Waals surface area contributed by atoms with Crippen molar-refractivity contribution < 1.29 is 4.74 Å². The van der Waals surface area contributed by atoms with Gasteiger partial charge in [-0.1, -0.05) is 38.1 Å². The Morgan fingerprint density at radius 2 is 1.78 bits per heavy atom. The van der Waals surface area contributed by atoms with Crippen LogP contribution in [0.25, 0.3) is 0 Å². The van der Waals surface area contributed by atoms with E-state index < -0.39 is 0 Å². The predicted octanol–water partition coefficient (Wildman–Crippen LogP) is 3.97. The van der Waals surface area contributed by atoms with Crippen molar-refractivity contribution in [1.29, 1.82) is 0 Å². The third-order valence-electron chi connectivity index (χ3n) is 2.90. The van der Waals surface area contributed by atoms with Gasteiger partial charge in [-0.05, 0) is 41.3 Å². The molecule has 0 fully saturated rings. The standard InChI is InChI=1S/C16H19NO/c1-12(2)14-6-8-16(9-7-14)18-11-13-4-3-5-15(17)10-13/h3-10,12H,11,17H2,1-2H3. The highest BCUT2D eigenvalue weighted by Crippen LogP contribution is 2.19. The Bertz CT molecular complexity index is 503. The summed E-state index contributed by atoms with van der Waals surface area (Å²) in [5.41, 5.74) is 8.91. The molecule has 2 aromatic rings. The highest BCUT2D eigenvalue weighted by atomic mass is 16.5. The molecule has 0 atom stereocenters. The summed E-state index contributed by atoms with van der Waals surface area (Å²) in [7, 11) is 0. The topological polar surface area (TPSA) is 35.2 Å². The minimum atomic E-state index is 0.548. The van der Waals surface area contributed by atoms with Gasteiger partial charge in [-0.3, -0.25) is 0 Å². The molecular formula is C16H19NO. The monoisotopic (exact) mass is 241 g/mol. The zero-order chi connectivity index (χ0) is 13.0. The van der Waals surface area contributed by atoms with Gasteiger partial charge in [-0.15, -0.1) is 0 Å². The molecule has 0 aliphatic heterocycles. The highest BCUT2D eigenvalue weighted by Gasteiger charge is 2.00.